The molecule has 20 heavy (non-hydrogen) atoms. The molecule has 1 amide bonds. The fourth-order valence-corrected chi connectivity index (χ4v) is 2.12. The van der Waals surface area contributed by atoms with Crippen molar-refractivity contribution in [2.75, 3.05) is 11.9 Å². The van der Waals surface area contributed by atoms with Crippen molar-refractivity contribution in [3.05, 3.63) is 23.8 Å². The minimum absolute atomic E-state index is 0.00656. The van der Waals surface area contributed by atoms with E-state index in [9.17, 15) is 9.59 Å². The summed E-state index contributed by atoms with van der Waals surface area (Å²) < 4.78 is 10.6. The van der Waals surface area contributed by atoms with Crippen LogP contribution in [0.15, 0.2) is 18.2 Å². The largest absolute Gasteiger partial charge is 0.479 e. The topological polar surface area (TPSA) is 64.6 Å². The highest BCUT2D eigenvalue weighted by Crippen LogP contribution is 2.28. The van der Waals surface area contributed by atoms with Crippen LogP contribution < -0.4 is 10.1 Å². The van der Waals surface area contributed by atoms with Crippen molar-refractivity contribution in [2.45, 2.75) is 39.2 Å². The lowest BCUT2D eigenvalue weighted by molar-refractivity contribution is -0.151. The number of ether oxygens (including phenoxy) is 2. The number of carbonyl (C=O) groups is 2. The van der Waals surface area contributed by atoms with E-state index in [1.807, 2.05) is 19.1 Å². The summed E-state index contributed by atoms with van der Waals surface area (Å²) in [6.07, 6.45) is 1.15. The fraction of sp³-hybridized carbons (Fsp3) is 0.467. The van der Waals surface area contributed by atoms with Crippen molar-refractivity contribution in [2.24, 2.45) is 0 Å². The summed E-state index contributed by atoms with van der Waals surface area (Å²) in [5.74, 6) is 0.203. The van der Waals surface area contributed by atoms with Gasteiger partial charge in [-0.2, -0.15) is 0 Å². The van der Waals surface area contributed by atoms with Crippen LogP contribution in [-0.4, -0.2) is 24.6 Å². The number of anilines is 1. The first kappa shape index (κ1) is 14.4. The Balaban J connectivity index is 2.11. The van der Waals surface area contributed by atoms with Gasteiger partial charge >= 0.3 is 5.97 Å². The van der Waals surface area contributed by atoms with Crippen LogP contribution in [0.1, 0.15) is 32.3 Å². The summed E-state index contributed by atoms with van der Waals surface area (Å²) in [7, 11) is 0. The molecular weight excluding hydrogens is 258 g/mol. The van der Waals surface area contributed by atoms with E-state index in [0.29, 0.717) is 25.2 Å². The van der Waals surface area contributed by atoms with Gasteiger partial charge in [-0.25, -0.2) is 4.79 Å². The van der Waals surface area contributed by atoms with Gasteiger partial charge in [-0.15, -0.1) is 0 Å². The molecule has 0 fully saturated rings. The van der Waals surface area contributed by atoms with E-state index < -0.39 is 6.10 Å². The summed E-state index contributed by atoms with van der Waals surface area (Å²) in [5, 5.41) is 2.81. The quantitative estimate of drug-likeness (QED) is 0.839. The predicted octanol–water partition coefficient (Wildman–Crippen LogP) is 2.29. The zero-order chi connectivity index (χ0) is 14.5. The molecule has 2 rings (SSSR count). The lowest BCUT2D eigenvalue weighted by Gasteiger charge is -2.20. The molecule has 0 bridgehead atoms. The van der Waals surface area contributed by atoms with Crippen molar-refractivity contribution < 1.29 is 19.1 Å². The fourth-order valence-electron chi connectivity index (χ4n) is 2.12. The molecule has 0 aliphatic carbocycles. The second-order valence-electron chi connectivity index (χ2n) is 4.63. The summed E-state index contributed by atoms with van der Waals surface area (Å²) in [6.45, 7) is 3.96. The molecule has 5 heteroatoms. The maximum atomic E-state index is 11.7. The lowest BCUT2D eigenvalue weighted by atomic mass is 10.0. The molecular formula is C15H19NO4. The highest BCUT2D eigenvalue weighted by Gasteiger charge is 2.21. The van der Waals surface area contributed by atoms with Gasteiger partial charge in [0, 0.05) is 18.2 Å². The Morgan fingerprint density at radius 1 is 1.35 bits per heavy atom. The summed E-state index contributed by atoms with van der Waals surface area (Å²) in [4.78, 5) is 23.1. The second kappa shape index (κ2) is 6.41. The van der Waals surface area contributed by atoms with Crippen molar-refractivity contribution in [1.82, 2.24) is 0 Å². The number of esters is 1. The SMILES string of the molecule is CCOC(=O)C(CC)Oc1ccc2c(c1)NC(=O)CC2. The van der Waals surface area contributed by atoms with Gasteiger partial charge in [0.05, 0.1) is 6.61 Å². The molecule has 1 unspecified atom stereocenters. The monoisotopic (exact) mass is 277 g/mol. The van der Waals surface area contributed by atoms with Gasteiger partial charge < -0.3 is 14.8 Å². The lowest BCUT2D eigenvalue weighted by Crippen LogP contribution is -2.28. The average Bonchev–Trinajstić information content (AvgIpc) is 2.44. The Bertz CT molecular complexity index is 513. The van der Waals surface area contributed by atoms with E-state index in [1.54, 1.807) is 13.0 Å². The van der Waals surface area contributed by atoms with Crippen LogP contribution in [0, 0.1) is 0 Å². The molecule has 1 aromatic carbocycles. The Hall–Kier alpha value is -2.04. The zero-order valence-corrected chi connectivity index (χ0v) is 11.8. The molecule has 0 spiro atoms. The van der Waals surface area contributed by atoms with Crippen LogP contribution in [0.4, 0.5) is 5.69 Å². The first-order chi connectivity index (χ1) is 9.63. The zero-order valence-electron chi connectivity index (χ0n) is 11.8. The normalized spacial score (nSPS) is 15.0. The third-order valence-corrected chi connectivity index (χ3v) is 3.18. The Kier molecular flexibility index (Phi) is 4.61. The molecule has 1 aliphatic heterocycles. The number of hydrogen-bond acceptors (Lipinski definition) is 4. The van der Waals surface area contributed by atoms with E-state index in [1.165, 1.54) is 0 Å². The maximum Gasteiger partial charge on any atom is 0.347 e. The van der Waals surface area contributed by atoms with Gasteiger partial charge in [-0.1, -0.05) is 13.0 Å². The van der Waals surface area contributed by atoms with E-state index in [4.69, 9.17) is 9.47 Å². The van der Waals surface area contributed by atoms with Gasteiger partial charge in [0.2, 0.25) is 5.91 Å². The first-order valence-corrected chi connectivity index (χ1v) is 6.90. The number of aryl methyl sites for hydroxylation is 1. The molecule has 0 radical (unpaired) electrons. The number of rotatable bonds is 5. The summed E-state index contributed by atoms with van der Waals surface area (Å²) in [5.41, 5.74) is 1.85. The number of benzene rings is 1. The second-order valence-corrected chi connectivity index (χ2v) is 4.63. The predicted molar refractivity (Wildman–Crippen MR) is 74.7 cm³/mol. The molecule has 0 saturated heterocycles. The molecule has 1 N–H and O–H groups in total. The van der Waals surface area contributed by atoms with Crippen molar-refractivity contribution in [3.8, 4) is 5.75 Å². The van der Waals surface area contributed by atoms with Crippen LogP contribution in [0.2, 0.25) is 0 Å². The Morgan fingerprint density at radius 2 is 2.15 bits per heavy atom. The van der Waals surface area contributed by atoms with E-state index in [2.05, 4.69) is 5.32 Å². The molecule has 0 aromatic heterocycles. The van der Waals surface area contributed by atoms with Gasteiger partial charge in [0.25, 0.3) is 0 Å². The first-order valence-electron chi connectivity index (χ1n) is 6.90. The highest BCUT2D eigenvalue weighted by molar-refractivity contribution is 5.94. The minimum Gasteiger partial charge on any atom is -0.479 e. The number of amides is 1. The number of hydrogen-bond donors (Lipinski definition) is 1. The maximum absolute atomic E-state index is 11.7. The number of fused-ring (bicyclic) bond motifs is 1. The van der Waals surface area contributed by atoms with Crippen molar-refractivity contribution >= 4 is 17.6 Å². The van der Waals surface area contributed by atoms with Gasteiger partial charge in [-0.05, 0) is 31.4 Å². The third kappa shape index (κ3) is 3.29. The van der Waals surface area contributed by atoms with Crippen LogP contribution in [-0.2, 0) is 20.7 Å². The Labute approximate surface area is 118 Å². The van der Waals surface area contributed by atoms with Crippen molar-refractivity contribution in [3.63, 3.8) is 0 Å². The summed E-state index contributed by atoms with van der Waals surface area (Å²) in [6, 6.07) is 5.49. The average molecular weight is 277 g/mol. The van der Waals surface area contributed by atoms with Crippen LogP contribution >= 0.6 is 0 Å². The van der Waals surface area contributed by atoms with Crippen LogP contribution in [0.5, 0.6) is 5.75 Å². The Morgan fingerprint density at radius 3 is 2.85 bits per heavy atom. The minimum atomic E-state index is -0.618. The standard InChI is InChI=1S/C15H19NO4/c1-3-13(15(18)19-4-2)20-11-7-5-10-6-8-14(17)16-12(10)9-11/h5,7,9,13H,3-4,6,8H2,1-2H3,(H,16,17). The molecule has 1 atom stereocenters. The van der Waals surface area contributed by atoms with Gasteiger partial charge in [0.1, 0.15) is 5.75 Å². The smallest absolute Gasteiger partial charge is 0.347 e. The number of nitrogens with one attached hydrogen (secondary N) is 1. The van der Waals surface area contributed by atoms with E-state index in [0.717, 1.165) is 17.7 Å². The molecule has 1 aliphatic rings. The highest BCUT2D eigenvalue weighted by atomic mass is 16.6. The third-order valence-electron chi connectivity index (χ3n) is 3.18. The summed E-state index contributed by atoms with van der Waals surface area (Å²) >= 11 is 0. The molecule has 5 nitrogen and oxygen atoms in total. The van der Waals surface area contributed by atoms with Crippen LogP contribution in [0.25, 0.3) is 0 Å². The molecule has 0 saturated carbocycles. The van der Waals surface area contributed by atoms with E-state index in [-0.39, 0.29) is 11.9 Å². The van der Waals surface area contributed by atoms with Gasteiger partial charge in [-0.3, -0.25) is 4.79 Å². The molecule has 1 aromatic rings. The number of carbonyl (C=O) groups excluding carboxylic acids is 2. The van der Waals surface area contributed by atoms with Crippen LogP contribution in [0.3, 0.4) is 0 Å². The van der Waals surface area contributed by atoms with Crippen molar-refractivity contribution in [1.29, 1.82) is 0 Å². The van der Waals surface area contributed by atoms with E-state index >= 15 is 0 Å². The van der Waals surface area contributed by atoms with Gasteiger partial charge in [0.15, 0.2) is 6.10 Å². The molecule has 1 heterocycles. The molecule has 108 valence electrons.